The summed E-state index contributed by atoms with van der Waals surface area (Å²) < 4.78 is 6.69. The summed E-state index contributed by atoms with van der Waals surface area (Å²) in [7, 11) is 0. The fourth-order valence-corrected chi connectivity index (χ4v) is 2.59. The minimum atomic E-state index is -0.214. The van der Waals surface area contributed by atoms with Crippen molar-refractivity contribution in [2.75, 3.05) is 31.6 Å². The Bertz CT molecular complexity index is 657. The minimum absolute atomic E-state index is 0.0557. The van der Waals surface area contributed by atoms with E-state index < -0.39 is 0 Å². The number of tetrazole rings is 1. The lowest BCUT2D eigenvalue weighted by Crippen LogP contribution is -2.35. The third kappa shape index (κ3) is 4.47. The van der Waals surface area contributed by atoms with Crippen LogP contribution in [0, 0.1) is 0 Å². The first-order chi connectivity index (χ1) is 11.2. The van der Waals surface area contributed by atoms with Crippen LogP contribution in [0.4, 0.5) is 5.69 Å². The Labute approximate surface area is 138 Å². The molecule has 0 unspecified atom stereocenters. The third-order valence-electron chi connectivity index (χ3n) is 3.53. The van der Waals surface area contributed by atoms with Crippen molar-refractivity contribution >= 4 is 23.2 Å². The molecule has 0 bridgehead atoms. The van der Waals surface area contributed by atoms with E-state index in [2.05, 4.69) is 25.7 Å². The maximum atomic E-state index is 11.9. The number of carbonyl (C=O) groups excluding carboxylic acids is 1. The highest BCUT2D eigenvalue weighted by Gasteiger charge is 2.13. The number of halogens is 1. The van der Waals surface area contributed by atoms with E-state index in [-0.39, 0.29) is 12.5 Å². The van der Waals surface area contributed by atoms with Crippen LogP contribution < -0.4 is 5.32 Å². The molecule has 1 aromatic carbocycles. The van der Waals surface area contributed by atoms with Crippen LogP contribution >= 0.6 is 11.6 Å². The Morgan fingerprint density at radius 2 is 2.17 bits per heavy atom. The zero-order valence-corrected chi connectivity index (χ0v) is 13.2. The molecule has 1 N–H and O–H groups in total. The molecular formula is C14H17ClN6O2. The highest BCUT2D eigenvalue weighted by molar-refractivity contribution is 6.31. The van der Waals surface area contributed by atoms with Crippen molar-refractivity contribution in [2.45, 2.75) is 13.1 Å². The topological polar surface area (TPSA) is 85.2 Å². The number of hydrogen-bond acceptors (Lipinski definition) is 6. The van der Waals surface area contributed by atoms with Crippen molar-refractivity contribution in [2.24, 2.45) is 0 Å². The maximum Gasteiger partial charge on any atom is 0.246 e. The summed E-state index contributed by atoms with van der Waals surface area (Å²) in [4.78, 5) is 14.2. The summed E-state index contributed by atoms with van der Waals surface area (Å²) in [5.41, 5.74) is 1.69. The molecule has 2 heterocycles. The number of aromatic nitrogens is 4. The minimum Gasteiger partial charge on any atom is -0.379 e. The van der Waals surface area contributed by atoms with Gasteiger partial charge in [-0.1, -0.05) is 17.7 Å². The number of rotatable bonds is 5. The van der Waals surface area contributed by atoms with Gasteiger partial charge in [0.25, 0.3) is 0 Å². The van der Waals surface area contributed by atoms with E-state index in [1.165, 1.54) is 11.0 Å². The Morgan fingerprint density at radius 1 is 1.35 bits per heavy atom. The molecule has 0 saturated carbocycles. The molecular weight excluding hydrogens is 320 g/mol. The summed E-state index contributed by atoms with van der Waals surface area (Å²) >= 11 is 6.33. The van der Waals surface area contributed by atoms with E-state index in [4.69, 9.17) is 16.3 Å². The number of anilines is 1. The maximum absolute atomic E-state index is 11.9. The third-order valence-corrected chi connectivity index (χ3v) is 3.88. The summed E-state index contributed by atoms with van der Waals surface area (Å²) in [6, 6.07) is 5.54. The Hall–Kier alpha value is -2.03. The molecule has 9 heteroatoms. The van der Waals surface area contributed by atoms with Crippen LogP contribution in [0.5, 0.6) is 0 Å². The molecule has 23 heavy (non-hydrogen) atoms. The van der Waals surface area contributed by atoms with Crippen molar-refractivity contribution in [1.29, 1.82) is 0 Å². The van der Waals surface area contributed by atoms with E-state index >= 15 is 0 Å². The lowest BCUT2D eigenvalue weighted by atomic mass is 10.2. The smallest absolute Gasteiger partial charge is 0.246 e. The summed E-state index contributed by atoms with van der Waals surface area (Å²) in [5, 5.41) is 14.0. The number of nitrogens with one attached hydrogen (secondary N) is 1. The normalized spacial score (nSPS) is 15.5. The molecule has 3 rings (SSSR count). The average Bonchev–Trinajstić information content (AvgIpc) is 3.04. The Morgan fingerprint density at radius 3 is 2.87 bits per heavy atom. The molecule has 0 atom stereocenters. The van der Waals surface area contributed by atoms with Crippen molar-refractivity contribution < 1.29 is 9.53 Å². The number of nitrogens with zero attached hydrogens (tertiary/aromatic N) is 5. The van der Waals surface area contributed by atoms with Gasteiger partial charge in [-0.05, 0) is 28.1 Å². The molecule has 0 spiro atoms. The number of morpholine rings is 1. The summed E-state index contributed by atoms with van der Waals surface area (Å²) in [5.74, 6) is -0.214. The first-order valence-corrected chi connectivity index (χ1v) is 7.67. The summed E-state index contributed by atoms with van der Waals surface area (Å²) in [6.07, 6.45) is 1.39. The van der Waals surface area contributed by atoms with Crippen LogP contribution in [0.25, 0.3) is 0 Å². The summed E-state index contributed by atoms with van der Waals surface area (Å²) in [6.45, 7) is 4.15. The van der Waals surface area contributed by atoms with Crippen LogP contribution in [0.1, 0.15) is 5.56 Å². The van der Waals surface area contributed by atoms with Crippen LogP contribution in [0.2, 0.25) is 5.02 Å². The Balaban J connectivity index is 1.58. The average molecular weight is 337 g/mol. The molecule has 8 nitrogen and oxygen atoms in total. The number of hydrogen-bond donors (Lipinski definition) is 1. The van der Waals surface area contributed by atoms with Gasteiger partial charge in [-0.25, -0.2) is 4.68 Å². The molecule has 1 amide bonds. The van der Waals surface area contributed by atoms with E-state index in [1.54, 1.807) is 6.07 Å². The fraction of sp³-hybridized carbons (Fsp3) is 0.429. The van der Waals surface area contributed by atoms with Gasteiger partial charge < -0.3 is 10.1 Å². The second-order valence-corrected chi connectivity index (χ2v) is 5.66. The molecule has 1 saturated heterocycles. The van der Waals surface area contributed by atoms with Gasteiger partial charge in [0.1, 0.15) is 12.9 Å². The van der Waals surface area contributed by atoms with E-state index in [0.29, 0.717) is 10.7 Å². The predicted molar refractivity (Wildman–Crippen MR) is 84.0 cm³/mol. The zero-order valence-electron chi connectivity index (χ0n) is 12.5. The molecule has 1 aliphatic heterocycles. The Kier molecular flexibility index (Phi) is 5.16. The van der Waals surface area contributed by atoms with Crippen LogP contribution in [-0.2, 0) is 22.6 Å². The van der Waals surface area contributed by atoms with Crippen molar-refractivity contribution in [3.05, 3.63) is 35.1 Å². The lowest BCUT2D eigenvalue weighted by molar-refractivity contribution is -0.116. The van der Waals surface area contributed by atoms with Gasteiger partial charge in [-0.3, -0.25) is 9.69 Å². The second kappa shape index (κ2) is 7.49. The van der Waals surface area contributed by atoms with Gasteiger partial charge in [0, 0.05) is 30.3 Å². The van der Waals surface area contributed by atoms with Crippen molar-refractivity contribution in [1.82, 2.24) is 25.1 Å². The number of ether oxygens (including phenoxy) is 1. The number of carbonyl (C=O) groups is 1. The van der Waals surface area contributed by atoms with Crippen molar-refractivity contribution in [3.8, 4) is 0 Å². The number of benzene rings is 1. The first-order valence-electron chi connectivity index (χ1n) is 7.30. The van der Waals surface area contributed by atoms with E-state index in [1.807, 2.05) is 12.1 Å². The van der Waals surface area contributed by atoms with Gasteiger partial charge in [0.05, 0.1) is 13.2 Å². The highest BCUT2D eigenvalue weighted by Crippen LogP contribution is 2.22. The molecule has 2 aromatic rings. The van der Waals surface area contributed by atoms with Gasteiger partial charge in [-0.15, -0.1) is 5.10 Å². The van der Waals surface area contributed by atoms with E-state index in [0.717, 1.165) is 38.4 Å². The highest BCUT2D eigenvalue weighted by atomic mass is 35.5. The van der Waals surface area contributed by atoms with Gasteiger partial charge in [-0.2, -0.15) is 0 Å². The molecule has 1 aromatic heterocycles. The monoisotopic (exact) mass is 336 g/mol. The van der Waals surface area contributed by atoms with Crippen LogP contribution in [-0.4, -0.2) is 57.3 Å². The lowest BCUT2D eigenvalue weighted by Gasteiger charge is -2.27. The van der Waals surface area contributed by atoms with E-state index in [9.17, 15) is 4.79 Å². The number of amides is 1. The largest absolute Gasteiger partial charge is 0.379 e. The van der Waals surface area contributed by atoms with Crippen molar-refractivity contribution in [3.63, 3.8) is 0 Å². The molecule has 1 fully saturated rings. The SMILES string of the molecule is O=C(Cn1cnnn1)Nc1ccc(CN2CCOCC2)c(Cl)c1. The molecule has 1 aliphatic rings. The standard InChI is InChI=1S/C14H17ClN6O2/c15-13-7-12(17-14(22)9-21-10-16-18-19-21)2-1-11(13)8-20-3-5-23-6-4-20/h1-2,7,10H,3-6,8-9H2,(H,17,22). The fourth-order valence-electron chi connectivity index (χ4n) is 2.35. The first kappa shape index (κ1) is 15.9. The quantitative estimate of drug-likeness (QED) is 0.869. The van der Waals surface area contributed by atoms with Gasteiger partial charge >= 0.3 is 0 Å². The molecule has 0 aliphatic carbocycles. The van der Waals surface area contributed by atoms with Gasteiger partial charge in [0.2, 0.25) is 5.91 Å². The van der Waals surface area contributed by atoms with Gasteiger partial charge in [0.15, 0.2) is 0 Å². The molecule has 122 valence electrons. The predicted octanol–water partition coefficient (Wildman–Crippen LogP) is 0.797. The zero-order chi connectivity index (χ0) is 16.1. The molecule has 0 radical (unpaired) electrons. The van der Waals surface area contributed by atoms with Crippen LogP contribution in [0.15, 0.2) is 24.5 Å². The second-order valence-electron chi connectivity index (χ2n) is 5.25. The van der Waals surface area contributed by atoms with Crippen LogP contribution in [0.3, 0.4) is 0 Å².